The zero-order chi connectivity index (χ0) is 16.4. The molecule has 0 atom stereocenters. The molecule has 2 aromatic heterocycles. The molecule has 0 aliphatic rings. The molecule has 2 rings (SSSR count). The van der Waals surface area contributed by atoms with Gasteiger partial charge in [-0.1, -0.05) is 0 Å². The van der Waals surface area contributed by atoms with E-state index in [2.05, 4.69) is 27.0 Å². The van der Waals surface area contributed by atoms with Crippen LogP contribution in [-0.2, 0) is 6.54 Å². The smallest absolute Gasteiger partial charge is 0.193 e. The number of hydrogen-bond acceptors (Lipinski definition) is 4. The first kappa shape index (κ1) is 17.1. The van der Waals surface area contributed by atoms with E-state index in [0.29, 0.717) is 17.8 Å². The molecule has 0 bridgehead atoms. The molecule has 0 spiro atoms. The van der Waals surface area contributed by atoms with Gasteiger partial charge in [-0.25, -0.2) is 0 Å². The van der Waals surface area contributed by atoms with Crippen molar-refractivity contribution < 1.29 is 9.59 Å². The van der Waals surface area contributed by atoms with Crippen LogP contribution in [0.5, 0.6) is 0 Å². The second kappa shape index (κ2) is 6.89. The highest BCUT2D eigenvalue weighted by atomic mass is 79.9. The second-order valence-corrected chi connectivity index (χ2v) is 7.42. The Morgan fingerprint density at radius 1 is 1.36 bits per heavy atom. The predicted molar refractivity (Wildman–Crippen MR) is 93.0 cm³/mol. The Bertz CT molecular complexity index is 718. The topological polar surface area (TPSA) is 53.2 Å². The monoisotopic (exact) mass is 382 g/mol. The molecule has 118 valence electrons. The number of carbonyl (C=O) groups excluding carboxylic acids is 2. The number of Topliss-reactive ketones (excluding diaryl/α,β-unsaturated/α-hetero) is 2. The predicted octanol–water partition coefficient (Wildman–Crippen LogP) is 3.97. The molecule has 0 unspecified atom stereocenters. The quantitative estimate of drug-likeness (QED) is 0.768. The van der Waals surface area contributed by atoms with Crippen LogP contribution in [0.1, 0.15) is 43.9 Å². The molecule has 4 nitrogen and oxygen atoms in total. The summed E-state index contributed by atoms with van der Waals surface area (Å²) in [6, 6.07) is 2.06. The number of hydrogen-bond donors (Lipinski definition) is 1. The highest BCUT2D eigenvalue weighted by Gasteiger charge is 2.20. The summed E-state index contributed by atoms with van der Waals surface area (Å²) >= 11 is 5.09. The molecular formula is C16H19BrN2O2S. The SMILES string of the molecule is CC(=O)c1c(C)[nH]c(C(=O)CN(C)Cc2cc(Br)cs2)c1C. The lowest BCUT2D eigenvalue weighted by molar-refractivity contribution is 0.0938. The number of aryl methyl sites for hydroxylation is 1. The summed E-state index contributed by atoms with van der Waals surface area (Å²) in [6.07, 6.45) is 0. The van der Waals surface area contributed by atoms with E-state index in [1.54, 1.807) is 11.3 Å². The molecule has 0 saturated carbocycles. The zero-order valence-corrected chi connectivity index (χ0v) is 15.5. The molecule has 22 heavy (non-hydrogen) atoms. The summed E-state index contributed by atoms with van der Waals surface area (Å²) in [6.45, 7) is 6.21. The van der Waals surface area contributed by atoms with Gasteiger partial charge in [-0.3, -0.25) is 14.5 Å². The lowest BCUT2D eigenvalue weighted by Crippen LogP contribution is -2.26. The lowest BCUT2D eigenvalue weighted by atomic mass is 10.1. The molecular weight excluding hydrogens is 364 g/mol. The maximum absolute atomic E-state index is 12.5. The minimum atomic E-state index is -0.0120. The fraction of sp³-hybridized carbons (Fsp3) is 0.375. The number of halogens is 1. The molecule has 0 amide bonds. The van der Waals surface area contributed by atoms with Crippen LogP contribution in [0.25, 0.3) is 0 Å². The van der Waals surface area contributed by atoms with Crippen LogP contribution in [0.15, 0.2) is 15.9 Å². The van der Waals surface area contributed by atoms with Gasteiger partial charge in [0.15, 0.2) is 11.6 Å². The first-order valence-electron chi connectivity index (χ1n) is 6.94. The van der Waals surface area contributed by atoms with Crippen molar-refractivity contribution in [3.05, 3.63) is 43.3 Å². The van der Waals surface area contributed by atoms with Crippen LogP contribution in [-0.4, -0.2) is 35.0 Å². The van der Waals surface area contributed by atoms with Gasteiger partial charge in [0.05, 0.1) is 12.2 Å². The standard InChI is InChI=1S/C16H19BrN2O2S/c1-9-15(11(3)20)10(2)18-16(9)14(21)7-19(4)6-13-5-12(17)8-22-13/h5,8,18H,6-7H2,1-4H3. The zero-order valence-electron chi connectivity index (χ0n) is 13.1. The number of H-pyrrole nitrogens is 1. The van der Waals surface area contributed by atoms with Gasteiger partial charge in [0.1, 0.15) is 0 Å². The number of aromatic nitrogens is 1. The third-order valence-electron chi connectivity index (χ3n) is 3.53. The van der Waals surface area contributed by atoms with Gasteiger partial charge in [0.25, 0.3) is 0 Å². The lowest BCUT2D eigenvalue weighted by Gasteiger charge is -2.14. The molecule has 0 aliphatic carbocycles. The summed E-state index contributed by atoms with van der Waals surface area (Å²) in [4.78, 5) is 30.4. The van der Waals surface area contributed by atoms with Gasteiger partial charge < -0.3 is 4.98 Å². The van der Waals surface area contributed by atoms with Crippen molar-refractivity contribution in [2.45, 2.75) is 27.3 Å². The largest absolute Gasteiger partial charge is 0.355 e. The number of thiophene rings is 1. The van der Waals surface area contributed by atoms with E-state index >= 15 is 0 Å². The van der Waals surface area contributed by atoms with Crippen LogP contribution >= 0.6 is 27.3 Å². The first-order valence-corrected chi connectivity index (χ1v) is 8.61. The van der Waals surface area contributed by atoms with Crippen LogP contribution in [0.3, 0.4) is 0 Å². The maximum Gasteiger partial charge on any atom is 0.193 e. The fourth-order valence-electron chi connectivity index (χ4n) is 2.64. The Morgan fingerprint density at radius 2 is 2.05 bits per heavy atom. The summed E-state index contributed by atoms with van der Waals surface area (Å²) < 4.78 is 1.06. The molecule has 2 aromatic rings. The Balaban J connectivity index is 2.09. The van der Waals surface area contributed by atoms with E-state index in [4.69, 9.17) is 0 Å². The normalized spacial score (nSPS) is 11.2. The highest BCUT2D eigenvalue weighted by molar-refractivity contribution is 9.10. The van der Waals surface area contributed by atoms with E-state index in [0.717, 1.165) is 22.3 Å². The van der Waals surface area contributed by atoms with Crippen LogP contribution in [0, 0.1) is 13.8 Å². The van der Waals surface area contributed by atoms with Crippen molar-refractivity contribution >= 4 is 38.8 Å². The second-order valence-electron chi connectivity index (χ2n) is 5.51. The van der Waals surface area contributed by atoms with Crippen molar-refractivity contribution in [3.8, 4) is 0 Å². The molecule has 6 heteroatoms. The van der Waals surface area contributed by atoms with E-state index in [1.165, 1.54) is 11.8 Å². The first-order chi connectivity index (χ1) is 10.3. The van der Waals surface area contributed by atoms with Gasteiger partial charge >= 0.3 is 0 Å². The Hall–Kier alpha value is -1.24. The Labute approximate surface area is 142 Å². The van der Waals surface area contributed by atoms with Crippen molar-refractivity contribution in [1.29, 1.82) is 0 Å². The summed E-state index contributed by atoms with van der Waals surface area (Å²) in [7, 11) is 1.92. The van der Waals surface area contributed by atoms with Gasteiger partial charge in [0, 0.05) is 32.5 Å². The fourth-order valence-corrected chi connectivity index (χ4v) is 4.17. The van der Waals surface area contributed by atoms with Crippen molar-refractivity contribution in [2.24, 2.45) is 0 Å². The van der Waals surface area contributed by atoms with Gasteiger partial charge in [-0.15, -0.1) is 11.3 Å². The number of rotatable bonds is 6. The van der Waals surface area contributed by atoms with E-state index in [9.17, 15) is 9.59 Å². The average Bonchev–Trinajstić information content (AvgIpc) is 2.92. The van der Waals surface area contributed by atoms with Gasteiger partial charge in [0.2, 0.25) is 0 Å². The van der Waals surface area contributed by atoms with Crippen LogP contribution < -0.4 is 0 Å². The molecule has 0 fully saturated rings. The summed E-state index contributed by atoms with van der Waals surface area (Å²) in [5.41, 5.74) is 2.69. The molecule has 1 N–H and O–H groups in total. The summed E-state index contributed by atoms with van der Waals surface area (Å²) in [5.74, 6) is -0.00619. The van der Waals surface area contributed by atoms with E-state index in [-0.39, 0.29) is 11.6 Å². The number of aromatic amines is 1. The average molecular weight is 383 g/mol. The third kappa shape index (κ3) is 3.74. The van der Waals surface area contributed by atoms with E-state index < -0.39 is 0 Å². The molecule has 0 saturated heterocycles. The minimum Gasteiger partial charge on any atom is -0.355 e. The van der Waals surface area contributed by atoms with Crippen LogP contribution in [0.2, 0.25) is 0 Å². The summed E-state index contributed by atoms with van der Waals surface area (Å²) in [5, 5.41) is 2.03. The van der Waals surface area contributed by atoms with Gasteiger partial charge in [-0.2, -0.15) is 0 Å². The number of nitrogens with zero attached hydrogens (tertiary/aromatic N) is 1. The Morgan fingerprint density at radius 3 is 2.55 bits per heavy atom. The number of likely N-dealkylation sites (N-methyl/N-ethyl adjacent to an activating group) is 1. The Kier molecular flexibility index (Phi) is 5.36. The third-order valence-corrected chi connectivity index (χ3v) is 5.21. The van der Waals surface area contributed by atoms with Crippen molar-refractivity contribution in [1.82, 2.24) is 9.88 Å². The van der Waals surface area contributed by atoms with Crippen molar-refractivity contribution in [3.63, 3.8) is 0 Å². The molecule has 0 aromatic carbocycles. The number of nitrogens with one attached hydrogen (secondary N) is 1. The molecule has 0 radical (unpaired) electrons. The number of ketones is 2. The van der Waals surface area contributed by atoms with Crippen LogP contribution in [0.4, 0.5) is 0 Å². The van der Waals surface area contributed by atoms with Crippen molar-refractivity contribution in [2.75, 3.05) is 13.6 Å². The molecule has 2 heterocycles. The molecule has 0 aliphatic heterocycles. The van der Waals surface area contributed by atoms with Gasteiger partial charge in [-0.05, 0) is 55.4 Å². The highest BCUT2D eigenvalue weighted by Crippen LogP contribution is 2.22. The maximum atomic E-state index is 12.5. The number of carbonyl (C=O) groups is 2. The minimum absolute atomic E-state index is 0.00576. The van der Waals surface area contributed by atoms with E-state index in [1.807, 2.05) is 31.2 Å².